The molecule has 2 amide bonds. The van der Waals surface area contributed by atoms with E-state index in [0.29, 0.717) is 52.2 Å². The minimum absolute atomic E-state index is 0.210. The van der Waals surface area contributed by atoms with Gasteiger partial charge in [0.25, 0.3) is 0 Å². The Morgan fingerprint density at radius 2 is 1.93 bits per heavy atom. The number of piperazine rings is 1. The number of nitrogens with one attached hydrogen (secondary N) is 1. The lowest BCUT2D eigenvalue weighted by Gasteiger charge is -2.35. The maximum atomic E-state index is 12.5. The van der Waals surface area contributed by atoms with Gasteiger partial charge in [0.2, 0.25) is 5.13 Å². The summed E-state index contributed by atoms with van der Waals surface area (Å²) in [5.41, 5.74) is 0.724. The molecule has 1 aliphatic rings. The summed E-state index contributed by atoms with van der Waals surface area (Å²) in [5.74, 6) is 0.676. The van der Waals surface area contributed by atoms with Crippen LogP contribution in [0.15, 0.2) is 36.7 Å². The molecule has 0 unspecified atom stereocenters. The second-order valence-corrected chi connectivity index (χ2v) is 7.81. The van der Waals surface area contributed by atoms with Crippen LogP contribution in [0.3, 0.4) is 0 Å². The zero-order chi connectivity index (χ0) is 19.5. The fraction of sp³-hybridized carbons (Fsp3) is 0.235. The van der Waals surface area contributed by atoms with E-state index >= 15 is 0 Å². The molecule has 8 nitrogen and oxygen atoms in total. The van der Waals surface area contributed by atoms with Crippen molar-refractivity contribution in [3.05, 3.63) is 46.7 Å². The van der Waals surface area contributed by atoms with Gasteiger partial charge in [-0.1, -0.05) is 40.6 Å². The number of pyridine rings is 2. The number of urea groups is 1. The number of rotatable bonds is 3. The number of anilines is 2. The molecular formula is C17H15Cl2N7OS. The molecule has 3 aromatic rings. The summed E-state index contributed by atoms with van der Waals surface area (Å²) in [7, 11) is 0. The van der Waals surface area contributed by atoms with Gasteiger partial charge in [0.05, 0.1) is 10.0 Å². The molecule has 11 heteroatoms. The van der Waals surface area contributed by atoms with Gasteiger partial charge in [-0.25, -0.2) is 9.78 Å². The lowest BCUT2D eigenvalue weighted by Crippen LogP contribution is -2.50. The Hall–Kier alpha value is -2.49. The molecule has 0 atom stereocenters. The molecular weight excluding hydrogens is 421 g/mol. The normalized spacial score (nSPS) is 14.2. The largest absolute Gasteiger partial charge is 0.352 e. The first kappa shape index (κ1) is 18.9. The summed E-state index contributed by atoms with van der Waals surface area (Å²) < 4.78 is 0. The van der Waals surface area contributed by atoms with Crippen LogP contribution in [-0.4, -0.2) is 57.3 Å². The molecule has 0 bridgehead atoms. The van der Waals surface area contributed by atoms with Crippen molar-refractivity contribution in [3.8, 4) is 10.7 Å². The average molecular weight is 436 g/mol. The molecule has 1 saturated heterocycles. The molecule has 1 aliphatic heterocycles. The molecule has 28 heavy (non-hydrogen) atoms. The Balaban J connectivity index is 1.35. The van der Waals surface area contributed by atoms with Gasteiger partial charge in [-0.2, -0.15) is 0 Å². The summed E-state index contributed by atoms with van der Waals surface area (Å²) in [6, 6.07) is 7.02. The van der Waals surface area contributed by atoms with Crippen LogP contribution in [0.1, 0.15) is 0 Å². The molecule has 0 radical (unpaired) electrons. The number of hydrogen-bond acceptors (Lipinski definition) is 7. The van der Waals surface area contributed by atoms with E-state index < -0.39 is 0 Å². The van der Waals surface area contributed by atoms with Crippen LogP contribution >= 0.6 is 34.5 Å². The highest BCUT2D eigenvalue weighted by Crippen LogP contribution is 2.27. The highest BCUT2D eigenvalue weighted by molar-refractivity contribution is 7.18. The lowest BCUT2D eigenvalue weighted by molar-refractivity contribution is 0.208. The maximum Gasteiger partial charge on any atom is 0.323 e. The predicted octanol–water partition coefficient (Wildman–Crippen LogP) is 3.66. The smallest absolute Gasteiger partial charge is 0.323 e. The molecule has 1 N–H and O–H groups in total. The molecule has 4 rings (SSSR count). The summed E-state index contributed by atoms with van der Waals surface area (Å²) in [6.07, 6.45) is 3.26. The van der Waals surface area contributed by atoms with Crippen molar-refractivity contribution in [1.82, 2.24) is 25.1 Å². The number of halogens is 2. The van der Waals surface area contributed by atoms with Crippen molar-refractivity contribution in [3.63, 3.8) is 0 Å². The number of aromatic nitrogens is 4. The van der Waals surface area contributed by atoms with Crippen LogP contribution in [0.2, 0.25) is 10.0 Å². The summed E-state index contributed by atoms with van der Waals surface area (Å²) in [6.45, 7) is 2.32. The van der Waals surface area contributed by atoms with Crippen molar-refractivity contribution in [2.75, 3.05) is 36.4 Å². The van der Waals surface area contributed by atoms with Crippen LogP contribution in [-0.2, 0) is 0 Å². The zero-order valence-corrected chi connectivity index (χ0v) is 16.9. The highest BCUT2D eigenvalue weighted by Gasteiger charge is 2.24. The standard InChI is InChI=1S/C17H15Cl2N7OS/c18-11-9-12(19)14(21-10-11)25-5-7-26(8-6-25)17(27)22-16-24-23-15(28-16)13-3-1-2-4-20-13/h1-4,9-10H,5-8H2,(H,22,24,27). The Labute approximate surface area is 175 Å². The number of carbonyl (C=O) groups is 1. The van der Waals surface area contributed by atoms with E-state index in [1.54, 1.807) is 23.4 Å². The van der Waals surface area contributed by atoms with E-state index in [-0.39, 0.29) is 6.03 Å². The molecule has 0 aliphatic carbocycles. The minimum Gasteiger partial charge on any atom is -0.352 e. The number of amides is 2. The van der Waals surface area contributed by atoms with E-state index in [4.69, 9.17) is 23.2 Å². The van der Waals surface area contributed by atoms with Crippen molar-refractivity contribution < 1.29 is 4.79 Å². The Morgan fingerprint density at radius 3 is 2.64 bits per heavy atom. The van der Waals surface area contributed by atoms with Gasteiger partial charge in [-0.3, -0.25) is 10.3 Å². The topological polar surface area (TPSA) is 87.1 Å². The van der Waals surface area contributed by atoms with Gasteiger partial charge >= 0.3 is 6.03 Å². The summed E-state index contributed by atoms with van der Waals surface area (Å²) in [4.78, 5) is 24.8. The van der Waals surface area contributed by atoms with Crippen LogP contribution in [0.25, 0.3) is 10.7 Å². The van der Waals surface area contributed by atoms with Crippen LogP contribution in [0, 0.1) is 0 Å². The zero-order valence-electron chi connectivity index (χ0n) is 14.5. The SMILES string of the molecule is O=C(Nc1nnc(-c2ccccn2)s1)N1CCN(c2ncc(Cl)cc2Cl)CC1. The van der Waals surface area contributed by atoms with Crippen molar-refractivity contribution in [2.24, 2.45) is 0 Å². The fourth-order valence-electron chi connectivity index (χ4n) is 2.80. The van der Waals surface area contributed by atoms with Crippen molar-refractivity contribution in [1.29, 1.82) is 0 Å². The third-order valence-electron chi connectivity index (χ3n) is 4.18. The van der Waals surface area contributed by atoms with Gasteiger partial charge < -0.3 is 9.80 Å². The van der Waals surface area contributed by atoms with Crippen LogP contribution < -0.4 is 10.2 Å². The summed E-state index contributed by atoms with van der Waals surface area (Å²) >= 11 is 13.4. The summed E-state index contributed by atoms with van der Waals surface area (Å²) in [5, 5.41) is 13.0. The fourth-order valence-corrected chi connectivity index (χ4v) is 4.01. The van der Waals surface area contributed by atoms with Crippen molar-refractivity contribution >= 4 is 51.5 Å². The van der Waals surface area contributed by atoms with Gasteiger partial charge in [-0.05, 0) is 18.2 Å². The number of carbonyl (C=O) groups excluding carboxylic acids is 1. The minimum atomic E-state index is -0.210. The van der Waals surface area contributed by atoms with Gasteiger partial charge in [0, 0.05) is 38.6 Å². The lowest BCUT2D eigenvalue weighted by atomic mass is 10.3. The van der Waals surface area contributed by atoms with E-state index in [1.165, 1.54) is 11.3 Å². The number of hydrogen-bond donors (Lipinski definition) is 1. The van der Waals surface area contributed by atoms with E-state index in [0.717, 1.165) is 5.69 Å². The third-order valence-corrected chi connectivity index (χ3v) is 5.52. The molecule has 144 valence electrons. The first-order valence-corrected chi connectivity index (χ1v) is 10.0. The third kappa shape index (κ3) is 4.16. The first-order valence-electron chi connectivity index (χ1n) is 8.47. The van der Waals surface area contributed by atoms with E-state index in [1.807, 2.05) is 23.1 Å². The molecule has 0 saturated carbocycles. The average Bonchev–Trinajstić information content (AvgIpc) is 3.17. The van der Waals surface area contributed by atoms with Crippen LogP contribution in [0.4, 0.5) is 15.7 Å². The second-order valence-electron chi connectivity index (χ2n) is 5.99. The van der Waals surface area contributed by atoms with E-state index in [9.17, 15) is 4.79 Å². The molecule has 4 heterocycles. The first-order chi connectivity index (χ1) is 13.6. The molecule has 0 aromatic carbocycles. The maximum absolute atomic E-state index is 12.5. The highest BCUT2D eigenvalue weighted by atomic mass is 35.5. The van der Waals surface area contributed by atoms with Gasteiger partial charge in [0.1, 0.15) is 11.5 Å². The Bertz CT molecular complexity index is 977. The van der Waals surface area contributed by atoms with Crippen LogP contribution in [0.5, 0.6) is 0 Å². The van der Waals surface area contributed by atoms with Crippen molar-refractivity contribution in [2.45, 2.75) is 0 Å². The van der Waals surface area contributed by atoms with Gasteiger partial charge in [-0.15, -0.1) is 10.2 Å². The monoisotopic (exact) mass is 435 g/mol. The Kier molecular flexibility index (Phi) is 5.56. The number of nitrogens with zero attached hydrogens (tertiary/aromatic N) is 6. The molecule has 1 fully saturated rings. The quantitative estimate of drug-likeness (QED) is 0.675. The predicted molar refractivity (Wildman–Crippen MR) is 110 cm³/mol. The van der Waals surface area contributed by atoms with Gasteiger partial charge in [0.15, 0.2) is 5.01 Å². The molecule has 3 aromatic heterocycles. The molecule has 0 spiro atoms. The Morgan fingerprint density at radius 1 is 1.11 bits per heavy atom. The van der Waals surface area contributed by atoms with E-state index in [2.05, 4.69) is 25.5 Å². The second kappa shape index (κ2) is 8.26.